The first-order chi connectivity index (χ1) is 12.8. The predicted molar refractivity (Wildman–Crippen MR) is 95.7 cm³/mol. The number of rotatable bonds is 4. The van der Waals surface area contributed by atoms with Gasteiger partial charge in [-0.05, 0) is 37.1 Å². The largest absolute Gasteiger partial charge is 0.497 e. The van der Waals surface area contributed by atoms with Crippen LogP contribution in [0.1, 0.15) is 35.1 Å². The van der Waals surface area contributed by atoms with E-state index in [-0.39, 0.29) is 11.9 Å². The van der Waals surface area contributed by atoms with E-state index in [2.05, 4.69) is 10.1 Å². The summed E-state index contributed by atoms with van der Waals surface area (Å²) in [5.41, 5.74) is 1.49. The van der Waals surface area contributed by atoms with E-state index in [0.29, 0.717) is 23.8 Å². The molecule has 0 aliphatic carbocycles. The average molecular weight is 349 g/mol. The number of nitrogens with zero attached hydrogens (tertiary/aromatic N) is 3. The van der Waals surface area contributed by atoms with Gasteiger partial charge in [-0.3, -0.25) is 4.79 Å². The molecule has 0 N–H and O–H groups in total. The molecular formula is C20H19N3O3. The number of likely N-dealkylation sites (tertiary alicyclic amines) is 1. The lowest BCUT2D eigenvalue weighted by atomic mass is 10.1. The normalized spacial score (nSPS) is 16.7. The number of aromatic nitrogens is 2. The lowest BCUT2D eigenvalue weighted by molar-refractivity contribution is 0.0710. The van der Waals surface area contributed by atoms with E-state index in [0.717, 1.165) is 24.2 Å². The van der Waals surface area contributed by atoms with E-state index in [1.807, 2.05) is 59.5 Å². The monoisotopic (exact) mass is 349 g/mol. The highest BCUT2D eigenvalue weighted by Crippen LogP contribution is 2.33. The number of benzene rings is 2. The van der Waals surface area contributed by atoms with Crippen molar-refractivity contribution >= 4 is 5.91 Å². The standard InChI is InChI=1S/C20H19N3O3/c1-25-16-10-5-9-15(13-16)18-21-19(26-22-18)17-11-6-12-23(17)20(24)14-7-3-2-4-8-14/h2-5,7-10,13,17H,6,11-12H2,1H3/t17-/m1/s1. The molecule has 2 heterocycles. The summed E-state index contributed by atoms with van der Waals surface area (Å²) >= 11 is 0. The Labute approximate surface area is 151 Å². The maximum Gasteiger partial charge on any atom is 0.254 e. The number of carbonyl (C=O) groups excluding carboxylic acids is 1. The van der Waals surface area contributed by atoms with Crippen molar-refractivity contribution in [3.63, 3.8) is 0 Å². The van der Waals surface area contributed by atoms with Crippen LogP contribution in [0, 0.1) is 0 Å². The van der Waals surface area contributed by atoms with Crippen molar-refractivity contribution in [2.45, 2.75) is 18.9 Å². The van der Waals surface area contributed by atoms with Crippen molar-refractivity contribution in [3.05, 3.63) is 66.1 Å². The first-order valence-electron chi connectivity index (χ1n) is 8.60. The first kappa shape index (κ1) is 16.3. The lowest BCUT2D eigenvalue weighted by Crippen LogP contribution is -2.30. The molecular weight excluding hydrogens is 330 g/mol. The molecule has 1 saturated heterocycles. The molecule has 0 radical (unpaired) electrons. The third-order valence-corrected chi connectivity index (χ3v) is 4.59. The van der Waals surface area contributed by atoms with Gasteiger partial charge in [-0.1, -0.05) is 35.5 Å². The van der Waals surface area contributed by atoms with Crippen LogP contribution < -0.4 is 4.74 Å². The number of hydrogen-bond acceptors (Lipinski definition) is 5. The number of hydrogen-bond donors (Lipinski definition) is 0. The van der Waals surface area contributed by atoms with E-state index < -0.39 is 0 Å². The van der Waals surface area contributed by atoms with Gasteiger partial charge in [0.25, 0.3) is 5.91 Å². The van der Waals surface area contributed by atoms with Crippen LogP contribution in [0.2, 0.25) is 0 Å². The summed E-state index contributed by atoms with van der Waals surface area (Å²) < 4.78 is 10.7. The molecule has 0 saturated carbocycles. The molecule has 132 valence electrons. The van der Waals surface area contributed by atoms with E-state index in [1.54, 1.807) is 7.11 Å². The molecule has 4 rings (SSSR count). The molecule has 26 heavy (non-hydrogen) atoms. The van der Waals surface area contributed by atoms with Crippen LogP contribution in [0.15, 0.2) is 59.1 Å². The number of amides is 1. The molecule has 2 aromatic carbocycles. The minimum Gasteiger partial charge on any atom is -0.497 e. The molecule has 1 aromatic heterocycles. The Morgan fingerprint density at radius 1 is 1.19 bits per heavy atom. The Morgan fingerprint density at radius 3 is 2.85 bits per heavy atom. The summed E-state index contributed by atoms with van der Waals surface area (Å²) in [6.45, 7) is 0.690. The van der Waals surface area contributed by atoms with E-state index >= 15 is 0 Å². The van der Waals surface area contributed by atoms with Gasteiger partial charge in [0.15, 0.2) is 0 Å². The van der Waals surface area contributed by atoms with Gasteiger partial charge < -0.3 is 14.2 Å². The van der Waals surface area contributed by atoms with Gasteiger partial charge in [0.05, 0.1) is 7.11 Å². The summed E-state index contributed by atoms with van der Waals surface area (Å²) in [4.78, 5) is 19.2. The minimum atomic E-state index is -0.186. The Bertz CT molecular complexity index is 907. The lowest BCUT2D eigenvalue weighted by Gasteiger charge is -2.21. The average Bonchev–Trinajstić information content (AvgIpc) is 3.37. The number of carbonyl (C=O) groups is 1. The second kappa shape index (κ2) is 7.00. The second-order valence-corrected chi connectivity index (χ2v) is 6.21. The summed E-state index contributed by atoms with van der Waals surface area (Å²) in [6.07, 6.45) is 1.73. The van der Waals surface area contributed by atoms with Gasteiger partial charge in [0.2, 0.25) is 11.7 Å². The van der Waals surface area contributed by atoms with Gasteiger partial charge in [0.1, 0.15) is 11.8 Å². The van der Waals surface area contributed by atoms with Crippen molar-refractivity contribution in [3.8, 4) is 17.1 Å². The zero-order valence-electron chi connectivity index (χ0n) is 14.5. The van der Waals surface area contributed by atoms with Gasteiger partial charge in [-0.2, -0.15) is 4.98 Å². The van der Waals surface area contributed by atoms with Crippen molar-refractivity contribution in [2.24, 2.45) is 0 Å². The zero-order chi connectivity index (χ0) is 17.9. The molecule has 1 aliphatic heterocycles. The third kappa shape index (κ3) is 3.06. The first-order valence-corrected chi connectivity index (χ1v) is 8.60. The van der Waals surface area contributed by atoms with Crippen molar-refractivity contribution in [1.29, 1.82) is 0 Å². The van der Waals surface area contributed by atoms with E-state index in [4.69, 9.17) is 9.26 Å². The van der Waals surface area contributed by atoms with Gasteiger partial charge in [-0.15, -0.1) is 0 Å². The molecule has 1 atom stereocenters. The Kier molecular flexibility index (Phi) is 4.39. The highest BCUT2D eigenvalue weighted by Gasteiger charge is 2.34. The molecule has 6 heteroatoms. The fraction of sp³-hybridized carbons (Fsp3) is 0.250. The van der Waals surface area contributed by atoms with Gasteiger partial charge in [-0.25, -0.2) is 0 Å². The van der Waals surface area contributed by atoms with Crippen LogP contribution >= 0.6 is 0 Å². The van der Waals surface area contributed by atoms with Crippen molar-refractivity contribution in [1.82, 2.24) is 15.0 Å². The highest BCUT2D eigenvalue weighted by atomic mass is 16.5. The minimum absolute atomic E-state index is 0.00534. The highest BCUT2D eigenvalue weighted by molar-refractivity contribution is 5.94. The van der Waals surface area contributed by atoms with Crippen LogP contribution in [-0.4, -0.2) is 34.6 Å². The van der Waals surface area contributed by atoms with E-state index in [1.165, 1.54) is 0 Å². The molecule has 0 bridgehead atoms. The summed E-state index contributed by atoms with van der Waals surface area (Å²) in [5.74, 6) is 1.70. The molecule has 0 unspecified atom stereocenters. The Morgan fingerprint density at radius 2 is 2.04 bits per heavy atom. The van der Waals surface area contributed by atoms with Crippen molar-refractivity contribution < 1.29 is 14.1 Å². The Hall–Kier alpha value is -3.15. The van der Waals surface area contributed by atoms with Gasteiger partial charge >= 0.3 is 0 Å². The molecule has 0 spiro atoms. The fourth-order valence-corrected chi connectivity index (χ4v) is 3.26. The predicted octanol–water partition coefficient (Wildman–Crippen LogP) is 3.72. The number of ether oxygens (including phenoxy) is 1. The number of methoxy groups -OCH3 is 1. The summed E-state index contributed by atoms with van der Waals surface area (Å²) in [7, 11) is 1.62. The maximum absolute atomic E-state index is 12.8. The smallest absolute Gasteiger partial charge is 0.254 e. The Balaban J connectivity index is 1.59. The molecule has 1 fully saturated rings. The van der Waals surface area contributed by atoms with Crippen molar-refractivity contribution in [2.75, 3.05) is 13.7 Å². The second-order valence-electron chi connectivity index (χ2n) is 6.21. The fourth-order valence-electron chi connectivity index (χ4n) is 3.26. The maximum atomic E-state index is 12.8. The van der Waals surface area contributed by atoms with Crippen LogP contribution in [0.5, 0.6) is 5.75 Å². The quantitative estimate of drug-likeness (QED) is 0.718. The molecule has 3 aromatic rings. The van der Waals surface area contributed by atoms with Crippen LogP contribution in [0.4, 0.5) is 0 Å². The van der Waals surface area contributed by atoms with Crippen LogP contribution in [-0.2, 0) is 0 Å². The molecule has 1 amide bonds. The van der Waals surface area contributed by atoms with E-state index in [9.17, 15) is 4.79 Å². The summed E-state index contributed by atoms with van der Waals surface area (Å²) in [6, 6.07) is 16.6. The third-order valence-electron chi connectivity index (χ3n) is 4.59. The molecule has 1 aliphatic rings. The summed E-state index contributed by atoms with van der Waals surface area (Å²) in [5, 5.41) is 4.09. The van der Waals surface area contributed by atoms with Gasteiger partial charge in [0, 0.05) is 17.7 Å². The molecule has 6 nitrogen and oxygen atoms in total. The van der Waals surface area contributed by atoms with Crippen LogP contribution in [0.3, 0.4) is 0 Å². The van der Waals surface area contributed by atoms with Crippen LogP contribution in [0.25, 0.3) is 11.4 Å². The topological polar surface area (TPSA) is 68.5 Å². The zero-order valence-corrected chi connectivity index (χ0v) is 14.5. The SMILES string of the molecule is COc1cccc(-c2noc([C@H]3CCCN3C(=O)c3ccccc3)n2)c1.